The van der Waals surface area contributed by atoms with Crippen LogP contribution in [0.2, 0.25) is 0 Å². The van der Waals surface area contributed by atoms with Crippen molar-refractivity contribution >= 4 is 21.8 Å². The zero-order valence-corrected chi connectivity index (χ0v) is 18.2. The van der Waals surface area contributed by atoms with Gasteiger partial charge in [-0.2, -0.15) is 4.31 Å². The van der Waals surface area contributed by atoms with Crippen molar-refractivity contribution in [3.63, 3.8) is 0 Å². The molecule has 0 aliphatic carbocycles. The Hall–Kier alpha value is -2.98. The average Bonchev–Trinajstić information content (AvgIpc) is 2.77. The van der Waals surface area contributed by atoms with Crippen LogP contribution in [0.4, 0.5) is 10.5 Å². The van der Waals surface area contributed by atoms with E-state index in [0.29, 0.717) is 6.42 Å². The normalized spacial score (nSPS) is 19.7. The number of nitro groups is 1. The zero-order valence-electron chi connectivity index (χ0n) is 17.4. The number of nitrogens with zero attached hydrogens (tertiary/aromatic N) is 3. The van der Waals surface area contributed by atoms with Crippen molar-refractivity contribution in [3.8, 4) is 0 Å². The van der Waals surface area contributed by atoms with Gasteiger partial charge in [-0.1, -0.05) is 37.3 Å². The summed E-state index contributed by atoms with van der Waals surface area (Å²) in [6.07, 6.45) is 0.0118. The van der Waals surface area contributed by atoms with Crippen molar-refractivity contribution in [2.45, 2.75) is 43.9 Å². The summed E-state index contributed by atoms with van der Waals surface area (Å²) in [5.74, 6) is 0. The first kappa shape index (κ1) is 22.7. The number of hydrogen-bond donors (Lipinski definition) is 0. The van der Waals surface area contributed by atoms with Crippen molar-refractivity contribution < 1.29 is 22.9 Å². The molecule has 1 saturated heterocycles. The summed E-state index contributed by atoms with van der Waals surface area (Å²) in [7, 11) is -3.87. The van der Waals surface area contributed by atoms with Gasteiger partial charge in [0.1, 0.15) is 6.61 Å². The molecule has 1 fully saturated rings. The number of sulfonamides is 1. The first-order valence-electron chi connectivity index (χ1n) is 9.99. The van der Waals surface area contributed by atoms with Gasteiger partial charge in [0, 0.05) is 37.3 Å². The van der Waals surface area contributed by atoms with Crippen LogP contribution in [-0.4, -0.2) is 53.8 Å². The molecule has 1 aliphatic rings. The lowest BCUT2D eigenvalue weighted by molar-refractivity contribution is -0.384. The molecule has 2 aromatic carbocycles. The summed E-state index contributed by atoms with van der Waals surface area (Å²) >= 11 is 0. The molecule has 10 heteroatoms. The fourth-order valence-electron chi connectivity index (χ4n) is 3.80. The number of carbonyl (C=O) groups excluding carboxylic acids is 1. The van der Waals surface area contributed by atoms with Crippen LogP contribution in [0.3, 0.4) is 0 Å². The maximum atomic E-state index is 13.2. The van der Waals surface area contributed by atoms with Crippen LogP contribution in [0.25, 0.3) is 0 Å². The van der Waals surface area contributed by atoms with Gasteiger partial charge >= 0.3 is 6.09 Å². The Labute approximate surface area is 181 Å². The topological polar surface area (TPSA) is 110 Å². The van der Waals surface area contributed by atoms with Gasteiger partial charge in [-0.05, 0) is 31.0 Å². The molecule has 0 saturated carbocycles. The third kappa shape index (κ3) is 4.86. The fourth-order valence-corrected chi connectivity index (χ4v) is 5.56. The lowest BCUT2D eigenvalue weighted by Gasteiger charge is -2.44. The third-order valence-corrected chi connectivity index (χ3v) is 7.43. The van der Waals surface area contributed by atoms with Gasteiger partial charge in [0.15, 0.2) is 0 Å². The van der Waals surface area contributed by atoms with E-state index in [1.807, 2.05) is 37.3 Å². The summed E-state index contributed by atoms with van der Waals surface area (Å²) in [6.45, 7) is 4.11. The lowest BCUT2D eigenvalue weighted by atomic mass is 10.0. The summed E-state index contributed by atoms with van der Waals surface area (Å²) in [5.41, 5.74) is 0.695. The molecule has 0 aromatic heterocycles. The lowest BCUT2D eigenvalue weighted by Crippen LogP contribution is -2.61. The van der Waals surface area contributed by atoms with Crippen molar-refractivity contribution in [1.29, 1.82) is 0 Å². The molecule has 0 spiro atoms. The Balaban J connectivity index is 1.73. The second-order valence-electron chi connectivity index (χ2n) is 7.32. The van der Waals surface area contributed by atoms with E-state index in [1.165, 1.54) is 28.6 Å². The van der Waals surface area contributed by atoms with Crippen LogP contribution in [0, 0.1) is 10.1 Å². The monoisotopic (exact) mass is 447 g/mol. The second-order valence-corrected chi connectivity index (χ2v) is 9.21. The number of benzene rings is 2. The number of ether oxygens (including phenoxy) is 1. The highest BCUT2D eigenvalue weighted by Gasteiger charge is 2.41. The van der Waals surface area contributed by atoms with E-state index in [0.717, 1.165) is 5.56 Å². The van der Waals surface area contributed by atoms with Crippen LogP contribution >= 0.6 is 0 Å². The van der Waals surface area contributed by atoms with Gasteiger partial charge in [0.05, 0.1) is 9.82 Å². The minimum atomic E-state index is -3.87. The molecule has 31 heavy (non-hydrogen) atoms. The van der Waals surface area contributed by atoms with E-state index in [9.17, 15) is 23.3 Å². The van der Waals surface area contributed by atoms with Gasteiger partial charge in [0.25, 0.3) is 5.69 Å². The molecule has 3 rings (SSSR count). The van der Waals surface area contributed by atoms with E-state index in [4.69, 9.17) is 4.74 Å². The van der Waals surface area contributed by atoms with Crippen molar-refractivity contribution in [3.05, 3.63) is 70.3 Å². The maximum absolute atomic E-state index is 13.2. The van der Waals surface area contributed by atoms with Crippen LogP contribution in [-0.2, 0) is 21.4 Å². The van der Waals surface area contributed by atoms with Gasteiger partial charge in [-0.15, -0.1) is 0 Å². The van der Waals surface area contributed by atoms with Crippen LogP contribution in [0.1, 0.15) is 25.8 Å². The molecular formula is C21H25N3O6S. The summed E-state index contributed by atoms with van der Waals surface area (Å²) < 4.78 is 33.2. The molecule has 0 unspecified atom stereocenters. The van der Waals surface area contributed by atoms with Gasteiger partial charge < -0.3 is 9.64 Å². The zero-order chi connectivity index (χ0) is 22.6. The number of rotatable bonds is 6. The predicted molar refractivity (Wildman–Crippen MR) is 114 cm³/mol. The number of hydrogen-bond acceptors (Lipinski definition) is 6. The van der Waals surface area contributed by atoms with E-state index < -0.39 is 33.1 Å². The van der Waals surface area contributed by atoms with Crippen LogP contribution < -0.4 is 0 Å². The predicted octanol–water partition coefficient (Wildman–Crippen LogP) is 3.41. The van der Waals surface area contributed by atoms with E-state index >= 15 is 0 Å². The van der Waals surface area contributed by atoms with Crippen LogP contribution in [0.5, 0.6) is 0 Å². The maximum Gasteiger partial charge on any atom is 0.410 e. The third-order valence-electron chi connectivity index (χ3n) is 5.49. The molecule has 0 N–H and O–H groups in total. The number of amides is 1. The highest BCUT2D eigenvalue weighted by molar-refractivity contribution is 7.89. The van der Waals surface area contributed by atoms with Crippen molar-refractivity contribution in [1.82, 2.24) is 9.21 Å². The highest BCUT2D eigenvalue weighted by atomic mass is 32.2. The quantitative estimate of drug-likeness (QED) is 0.496. The fraction of sp³-hybridized carbons (Fsp3) is 0.381. The van der Waals surface area contributed by atoms with Gasteiger partial charge in [-0.25, -0.2) is 13.2 Å². The van der Waals surface area contributed by atoms with Crippen molar-refractivity contribution in [2.24, 2.45) is 0 Å². The number of nitro benzene ring substituents is 1. The standard InChI is InChI=1S/C21H25N3O6S/c1-3-20-16(2)22(21(25)30-15-17-7-5-4-6-8-17)13-14-23(20)31(28,29)19-11-9-18(10-12-19)24(26)27/h4-12,16,20H,3,13-15H2,1-2H3/t16-,20+/m0/s1. The van der Waals surface area contributed by atoms with Gasteiger partial charge in [-0.3, -0.25) is 10.1 Å². The smallest absolute Gasteiger partial charge is 0.410 e. The first-order valence-corrected chi connectivity index (χ1v) is 11.4. The molecule has 166 valence electrons. The Morgan fingerprint density at radius 1 is 1.13 bits per heavy atom. The largest absolute Gasteiger partial charge is 0.445 e. The molecule has 9 nitrogen and oxygen atoms in total. The molecule has 1 heterocycles. The Morgan fingerprint density at radius 3 is 2.35 bits per heavy atom. The number of non-ortho nitro benzene ring substituents is 1. The first-order chi connectivity index (χ1) is 14.8. The number of piperazine rings is 1. The highest BCUT2D eigenvalue weighted by Crippen LogP contribution is 2.28. The summed E-state index contributed by atoms with van der Waals surface area (Å²) in [4.78, 5) is 24.5. The minimum Gasteiger partial charge on any atom is -0.445 e. The second kappa shape index (κ2) is 9.44. The summed E-state index contributed by atoms with van der Waals surface area (Å²) in [5, 5.41) is 10.8. The Morgan fingerprint density at radius 2 is 1.77 bits per heavy atom. The van der Waals surface area contributed by atoms with Gasteiger partial charge in [0.2, 0.25) is 10.0 Å². The van der Waals surface area contributed by atoms with Crippen LogP contribution in [0.15, 0.2) is 59.5 Å². The molecule has 0 radical (unpaired) electrons. The average molecular weight is 448 g/mol. The SMILES string of the molecule is CC[C@@H]1[C@H](C)N(C(=O)OCc2ccccc2)CCN1S(=O)(=O)c1ccc([N+](=O)[O-])cc1. The van der Waals surface area contributed by atoms with E-state index in [1.54, 1.807) is 11.8 Å². The molecule has 2 atom stereocenters. The molecular weight excluding hydrogens is 422 g/mol. The molecule has 2 aromatic rings. The molecule has 0 bridgehead atoms. The van der Waals surface area contributed by atoms with Crippen molar-refractivity contribution in [2.75, 3.05) is 13.1 Å². The molecule has 1 amide bonds. The summed E-state index contributed by atoms with van der Waals surface area (Å²) in [6, 6.07) is 13.3. The van der Waals surface area contributed by atoms with E-state index in [-0.39, 0.29) is 30.3 Å². The molecule has 1 aliphatic heterocycles. The van der Waals surface area contributed by atoms with E-state index in [2.05, 4.69) is 0 Å². The number of carbonyl (C=O) groups is 1. The minimum absolute atomic E-state index is 0.0103. The Kier molecular flexibility index (Phi) is 6.91. The Bertz CT molecular complexity index is 1030.